The van der Waals surface area contributed by atoms with Gasteiger partial charge in [-0.2, -0.15) is 0 Å². The van der Waals surface area contributed by atoms with Gasteiger partial charge in [-0.15, -0.1) is 0 Å². The molecule has 0 atom stereocenters. The van der Waals surface area contributed by atoms with Crippen molar-refractivity contribution in [1.82, 2.24) is 0 Å². The lowest BCUT2D eigenvalue weighted by atomic mass is 10.0. The van der Waals surface area contributed by atoms with Gasteiger partial charge >= 0.3 is 0 Å². The summed E-state index contributed by atoms with van der Waals surface area (Å²) in [5.74, 6) is 0.628. The van der Waals surface area contributed by atoms with Gasteiger partial charge < -0.3 is 10.1 Å². The van der Waals surface area contributed by atoms with E-state index in [0.29, 0.717) is 5.75 Å². The van der Waals surface area contributed by atoms with Crippen LogP contribution in [-0.2, 0) is 11.2 Å². The SMILES string of the molecule is COc1ccc2cc(Br)ccc2c1CC(=O)Nc1ccccc1Br. The summed E-state index contributed by atoms with van der Waals surface area (Å²) in [4.78, 5) is 12.5. The Morgan fingerprint density at radius 3 is 2.62 bits per heavy atom. The van der Waals surface area contributed by atoms with E-state index in [1.165, 1.54) is 0 Å². The van der Waals surface area contributed by atoms with Gasteiger partial charge in [-0.05, 0) is 57.0 Å². The fraction of sp³-hybridized carbons (Fsp3) is 0.105. The molecule has 0 fully saturated rings. The molecular weight excluding hydrogens is 434 g/mol. The van der Waals surface area contributed by atoms with Crippen molar-refractivity contribution in [3.63, 3.8) is 0 Å². The van der Waals surface area contributed by atoms with Gasteiger partial charge in [0.25, 0.3) is 0 Å². The average Bonchev–Trinajstić information content (AvgIpc) is 2.57. The lowest BCUT2D eigenvalue weighted by molar-refractivity contribution is -0.115. The van der Waals surface area contributed by atoms with Crippen LogP contribution in [-0.4, -0.2) is 13.0 Å². The van der Waals surface area contributed by atoms with E-state index in [2.05, 4.69) is 37.2 Å². The molecule has 0 aliphatic rings. The zero-order valence-corrected chi connectivity index (χ0v) is 16.1. The molecule has 24 heavy (non-hydrogen) atoms. The minimum Gasteiger partial charge on any atom is -0.496 e. The highest BCUT2D eigenvalue weighted by Gasteiger charge is 2.14. The molecule has 0 bridgehead atoms. The molecule has 0 aromatic heterocycles. The third kappa shape index (κ3) is 3.62. The van der Waals surface area contributed by atoms with Crippen LogP contribution in [0, 0.1) is 0 Å². The molecule has 122 valence electrons. The lowest BCUT2D eigenvalue weighted by Crippen LogP contribution is -2.15. The monoisotopic (exact) mass is 447 g/mol. The molecule has 0 saturated heterocycles. The van der Waals surface area contributed by atoms with E-state index in [9.17, 15) is 4.79 Å². The third-order valence-electron chi connectivity index (χ3n) is 3.76. The molecule has 0 unspecified atom stereocenters. The summed E-state index contributed by atoms with van der Waals surface area (Å²) in [6.07, 6.45) is 0.240. The van der Waals surface area contributed by atoms with Gasteiger partial charge in [0.15, 0.2) is 0 Å². The number of hydrogen-bond acceptors (Lipinski definition) is 2. The van der Waals surface area contributed by atoms with Crippen LogP contribution in [0.3, 0.4) is 0 Å². The molecule has 3 aromatic rings. The molecule has 1 amide bonds. The normalized spacial score (nSPS) is 10.6. The maximum Gasteiger partial charge on any atom is 0.228 e. The summed E-state index contributed by atoms with van der Waals surface area (Å²) < 4.78 is 7.31. The van der Waals surface area contributed by atoms with Crippen LogP contribution in [0.4, 0.5) is 5.69 Å². The molecule has 0 heterocycles. The van der Waals surface area contributed by atoms with Crippen molar-refractivity contribution in [2.45, 2.75) is 6.42 Å². The highest BCUT2D eigenvalue weighted by molar-refractivity contribution is 9.10. The number of benzene rings is 3. The Hall–Kier alpha value is -1.85. The van der Waals surface area contributed by atoms with Crippen LogP contribution >= 0.6 is 31.9 Å². The Bertz CT molecular complexity index is 909. The fourth-order valence-electron chi connectivity index (χ4n) is 2.64. The Morgan fingerprint density at radius 2 is 1.88 bits per heavy atom. The van der Waals surface area contributed by atoms with Crippen molar-refractivity contribution in [2.24, 2.45) is 0 Å². The van der Waals surface area contributed by atoms with Gasteiger partial charge in [-0.25, -0.2) is 0 Å². The number of hydrogen-bond donors (Lipinski definition) is 1. The zero-order valence-electron chi connectivity index (χ0n) is 13.0. The Kier molecular flexibility index (Phi) is 5.21. The minimum absolute atomic E-state index is 0.0874. The number of methoxy groups -OCH3 is 1. The highest BCUT2D eigenvalue weighted by atomic mass is 79.9. The maximum atomic E-state index is 12.5. The molecule has 0 aliphatic heterocycles. The number of amides is 1. The predicted molar refractivity (Wildman–Crippen MR) is 105 cm³/mol. The molecule has 0 spiro atoms. The van der Waals surface area contributed by atoms with E-state index in [1.54, 1.807) is 7.11 Å². The lowest BCUT2D eigenvalue weighted by Gasteiger charge is -2.13. The van der Waals surface area contributed by atoms with E-state index >= 15 is 0 Å². The number of halogens is 2. The van der Waals surface area contributed by atoms with E-state index in [0.717, 1.165) is 31.0 Å². The van der Waals surface area contributed by atoms with Crippen LogP contribution in [0.5, 0.6) is 5.75 Å². The molecule has 1 N–H and O–H groups in total. The first kappa shape index (κ1) is 17.0. The molecule has 5 heteroatoms. The standard InChI is InChI=1S/C19H15Br2NO2/c1-24-18-9-6-12-10-13(20)7-8-14(12)15(18)11-19(23)22-17-5-3-2-4-16(17)21/h2-10H,11H2,1H3,(H,22,23). The van der Waals surface area contributed by atoms with Gasteiger partial charge in [0.1, 0.15) is 5.75 Å². The molecule has 3 rings (SSSR count). The van der Waals surface area contributed by atoms with Gasteiger partial charge in [0.2, 0.25) is 5.91 Å². The predicted octanol–water partition coefficient (Wildman–Crippen LogP) is 5.55. The quantitative estimate of drug-likeness (QED) is 0.567. The number of fused-ring (bicyclic) bond motifs is 1. The molecule has 3 aromatic carbocycles. The van der Waals surface area contributed by atoms with Gasteiger partial charge in [0.05, 0.1) is 19.2 Å². The number of carbonyl (C=O) groups excluding carboxylic acids is 1. The van der Waals surface area contributed by atoms with Crippen LogP contribution in [0.2, 0.25) is 0 Å². The number of nitrogens with one attached hydrogen (secondary N) is 1. The topological polar surface area (TPSA) is 38.3 Å². The number of carbonyl (C=O) groups is 1. The first-order valence-electron chi connectivity index (χ1n) is 7.38. The molecule has 0 aliphatic carbocycles. The summed E-state index contributed by atoms with van der Waals surface area (Å²) in [5, 5.41) is 5.01. The van der Waals surface area contributed by atoms with Gasteiger partial charge in [-0.1, -0.05) is 40.2 Å². The summed E-state index contributed by atoms with van der Waals surface area (Å²) in [7, 11) is 1.62. The van der Waals surface area contributed by atoms with E-state index in [-0.39, 0.29) is 12.3 Å². The van der Waals surface area contributed by atoms with Crippen molar-refractivity contribution in [2.75, 3.05) is 12.4 Å². The summed E-state index contributed by atoms with van der Waals surface area (Å²) in [6, 6.07) is 17.4. The summed E-state index contributed by atoms with van der Waals surface area (Å²) in [5.41, 5.74) is 1.64. The van der Waals surface area contributed by atoms with E-state index in [4.69, 9.17) is 4.74 Å². The van der Waals surface area contributed by atoms with Crippen LogP contribution in [0.15, 0.2) is 63.5 Å². The van der Waals surface area contributed by atoms with Gasteiger partial charge in [0, 0.05) is 14.5 Å². The highest BCUT2D eigenvalue weighted by Crippen LogP contribution is 2.31. The molecule has 3 nitrogen and oxygen atoms in total. The van der Waals surface area contributed by atoms with Crippen LogP contribution < -0.4 is 10.1 Å². The van der Waals surface area contributed by atoms with Crippen molar-refractivity contribution >= 4 is 54.2 Å². The fourth-order valence-corrected chi connectivity index (χ4v) is 3.40. The number of rotatable bonds is 4. The van der Waals surface area contributed by atoms with Crippen molar-refractivity contribution in [3.05, 3.63) is 69.1 Å². The van der Waals surface area contributed by atoms with Crippen molar-refractivity contribution in [3.8, 4) is 5.75 Å². The Labute approximate surface area is 157 Å². The Morgan fingerprint density at radius 1 is 1.08 bits per heavy atom. The Balaban J connectivity index is 1.93. The second-order valence-corrected chi connectivity index (χ2v) is 7.09. The van der Waals surface area contributed by atoms with Gasteiger partial charge in [-0.3, -0.25) is 4.79 Å². The number of para-hydroxylation sites is 1. The average molecular weight is 449 g/mol. The van der Waals surface area contributed by atoms with Crippen molar-refractivity contribution < 1.29 is 9.53 Å². The van der Waals surface area contributed by atoms with Crippen LogP contribution in [0.1, 0.15) is 5.56 Å². The summed E-state index contributed by atoms with van der Waals surface area (Å²) >= 11 is 6.92. The number of ether oxygens (including phenoxy) is 1. The van der Waals surface area contributed by atoms with E-state index in [1.807, 2.05) is 54.6 Å². The molecule has 0 radical (unpaired) electrons. The van der Waals surface area contributed by atoms with Crippen molar-refractivity contribution in [1.29, 1.82) is 0 Å². The first-order chi connectivity index (χ1) is 11.6. The number of anilines is 1. The zero-order chi connectivity index (χ0) is 17.1. The summed E-state index contributed by atoms with van der Waals surface area (Å²) in [6.45, 7) is 0. The van der Waals surface area contributed by atoms with E-state index < -0.39 is 0 Å². The minimum atomic E-state index is -0.0874. The maximum absolute atomic E-state index is 12.5. The second kappa shape index (κ2) is 7.36. The third-order valence-corrected chi connectivity index (χ3v) is 4.94. The smallest absolute Gasteiger partial charge is 0.228 e. The first-order valence-corrected chi connectivity index (χ1v) is 8.96. The van der Waals surface area contributed by atoms with Crippen LogP contribution in [0.25, 0.3) is 10.8 Å². The second-order valence-electron chi connectivity index (χ2n) is 5.32. The largest absolute Gasteiger partial charge is 0.496 e. The molecule has 0 saturated carbocycles. The molecular formula is C19H15Br2NO2.